The van der Waals surface area contributed by atoms with Crippen LogP contribution in [-0.2, 0) is 6.42 Å². The molecular weight excluding hydrogens is 406 g/mol. The zero-order valence-electron chi connectivity index (χ0n) is 18.3. The van der Waals surface area contributed by atoms with Gasteiger partial charge in [-0.15, -0.1) is 0 Å². The van der Waals surface area contributed by atoms with Crippen LogP contribution in [0.2, 0.25) is 0 Å². The van der Waals surface area contributed by atoms with Crippen molar-refractivity contribution in [3.63, 3.8) is 0 Å². The fraction of sp³-hybridized carbons (Fsp3) is 0.200. The van der Waals surface area contributed by atoms with E-state index in [1.807, 2.05) is 65.2 Å². The molecule has 0 unspecified atom stereocenters. The van der Waals surface area contributed by atoms with Crippen LogP contribution >= 0.6 is 0 Å². The zero-order chi connectivity index (χ0) is 22.5. The fourth-order valence-corrected chi connectivity index (χ4v) is 3.50. The number of hydrogen-bond acceptors (Lipinski definition) is 5. The van der Waals surface area contributed by atoms with E-state index >= 15 is 0 Å². The maximum Gasteiger partial charge on any atom is 0.271 e. The van der Waals surface area contributed by atoms with Crippen LogP contribution in [0.1, 0.15) is 16.1 Å². The summed E-state index contributed by atoms with van der Waals surface area (Å²) in [6.45, 7) is 0.485. The molecule has 0 bridgehead atoms. The molecule has 0 saturated carbocycles. The molecule has 2 aromatic heterocycles. The SMILES string of the molecule is COc1ccc(-c2ccc3nc(C(=O)NCCc4ccc(OC)c(OC)c4)cn3c2)cc1. The Bertz CT molecular complexity index is 1230. The third-order valence-corrected chi connectivity index (χ3v) is 5.25. The molecule has 2 aromatic carbocycles. The van der Waals surface area contributed by atoms with Gasteiger partial charge in [0.2, 0.25) is 0 Å². The summed E-state index contributed by atoms with van der Waals surface area (Å²) < 4.78 is 17.7. The van der Waals surface area contributed by atoms with Crippen molar-refractivity contribution in [2.45, 2.75) is 6.42 Å². The summed E-state index contributed by atoms with van der Waals surface area (Å²) >= 11 is 0. The molecule has 7 heteroatoms. The van der Waals surface area contributed by atoms with Gasteiger partial charge in [-0.05, 0) is 59.5 Å². The first-order valence-corrected chi connectivity index (χ1v) is 10.2. The highest BCUT2D eigenvalue weighted by molar-refractivity contribution is 5.92. The van der Waals surface area contributed by atoms with Crippen molar-refractivity contribution in [1.29, 1.82) is 0 Å². The Morgan fingerprint density at radius 1 is 0.875 bits per heavy atom. The first kappa shape index (κ1) is 21.2. The van der Waals surface area contributed by atoms with E-state index in [1.54, 1.807) is 27.5 Å². The number of rotatable bonds is 8. The summed E-state index contributed by atoms with van der Waals surface area (Å²) in [5.41, 5.74) is 4.22. The summed E-state index contributed by atoms with van der Waals surface area (Å²) in [6, 6.07) is 17.5. The Kier molecular flexibility index (Phi) is 6.26. The highest BCUT2D eigenvalue weighted by atomic mass is 16.5. The standard InChI is InChI=1S/C25H25N3O4/c1-30-20-8-5-18(6-9-20)19-7-11-24-27-21(16-28(24)15-19)25(29)26-13-12-17-4-10-22(31-2)23(14-17)32-3/h4-11,14-16H,12-13H2,1-3H3,(H,26,29). The number of pyridine rings is 1. The largest absolute Gasteiger partial charge is 0.497 e. The van der Waals surface area contributed by atoms with Crippen LogP contribution in [0.15, 0.2) is 67.0 Å². The number of fused-ring (bicyclic) bond motifs is 1. The second-order valence-electron chi connectivity index (χ2n) is 7.23. The Balaban J connectivity index is 1.42. The van der Waals surface area contributed by atoms with E-state index in [0.29, 0.717) is 35.8 Å². The Morgan fingerprint density at radius 2 is 1.62 bits per heavy atom. The number of hydrogen-bond donors (Lipinski definition) is 1. The molecule has 0 aliphatic carbocycles. The van der Waals surface area contributed by atoms with Crippen molar-refractivity contribution in [3.05, 3.63) is 78.2 Å². The average Bonchev–Trinajstić information content (AvgIpc) is 3.27. The number of imidazole rings is 1. The van der Waals surface area contributed by atoms with Crippen LogP contribution in [0.4, 0.5) is 0 Å². The molecule has 0 spiro atoms. The van der Waals surface area contributed by atoms with Crippen molar-refractivity contribution < 1.29 is 19.0 Å². The molecule has 0 radical (unpaired) electrons. The van der Waals surface area contributed by atoms with Crippen LogP contribution < -0.4 is 19.5 Å². The van der Waals surface area contributed by atoms with Gasteiger partial charge >= 0.3 is 0 Å². The molecule has 0 aliphatic rings. The quantitative estimate of drug-likeness (QED) is 0.457. The van der Waals surface area contributed by atoms with Crippen molar-refractivity contribution >= 4 is 11.6 Å². The summed E-state index contributed by atoms with van der Waals surface area (Å²) in [4.78, 5) is 17.1. The second-order valence-corrected chi connectivity index (χ2v) is 7.23. The molecule has 1 amide bonds. The van der Waals surface area contributed by atoms with E-state index in [1.165, 1.54) is 0 Å². The molecule has 0 fully saturated rings. The number of carbonyl (C=O) groups is 1. The number of benzene rings is 2. The minimum atomic E-state index is -0.208. The maximum atomic E-state index is 12.6. The highest BCUT2D eigenvalue weighted by Gasteiger charge is 2.12. The first-order valence-electron chi connectivity index (χ1n) is 10.2. The molecule has 2 heterocycles. The molecule has 4 aromatic rings. The smallest absolute Gasteiger partial charge is 0.271 e. The maximum absolute atomic E-state index is 12.6. The minimum Gasteiger partial charge on any atom is -0.497 e. The van der Waals surface area contributed by atoms with Gasteiger partial charge in [-0.2, -0.15) is 0 Å². The van der Waals surface area contributed by atoms with Gasteiger partial charge in [-0.25, -0.2) is 4.98 Å². The predicted molar refractivity (Wildman–Crippen MR) is 123 cm³/mol. The Hall–Kier alpha value is -4.00. The van der Waals surface area contributed by atoms with Gasteiger partial charge in [0, 0.05) is 18.9 Å². The van der Waals surface area contributed by atoms with Crippen molar-refractivity contribution in [2.24, 2.45) is 0 Å². The predicted octanol–water partition coefficient (Wildman–Crippen LogP) is 4.00. The van der Waals surface area contributed by atoms with Crippen LogP contribution in [0.3, 0.4) is 0 Å². The molecule has 7 nitrogen and oxygen atoms in total. The number of carbonyl (C=O) groups excluding carboxylic acids is 1. The van der Waals surface area contributed by atoms with Crippen LogP contribution in [0, 0.1) is 0 Å². The molecule has 32 heavy (non-hydrogen) atoms. The number of aromatic nitrogens is 2. The molecule has 0 aliphatic heterocycles. The third-order valence-electron chi connectivity index (χ3n) is 5.25. The van der Waals surface area contributed by atoms with E-state index < -0.39 is 0 Å². The molecule has 164 valence electrons. The lowest BCUT2D eigenvalue weighted by Gasteiger charge is -2.09. The lowest BCUT2D eigenvalue weighted by Crippen LogP contribution is -2.26. The number of nitrogens with zero attached hydrogens (tertiary/aromatic N) is 2. The number of methoxy groups -OCH3 is 3. The molecular formula is C25H25N3O4. The lowest BCUT2D eigenvalue weighted by atomic mass is 10.1. The number of ether oxygens (including phenoxy) is 3. The molecule has 1 N–H and O–H groups in total. The Labute approximate surface area is 186 Å². The fourth-order valence-electron chi connectivity index (χ4n) is 3.50. The van der Waals surface area contributed by atoms with Crippen molar-refractivity contribution in [2.75, 3.05) is 27.9 Å². The van der Waals surface area contributed by atoms with Crippen LogP contribution in [0.5, 0.6) is 17.2 Å². The topological polar surface area (TPSA) is 74.1 Å². The first-order chi connectivity index (χ1) is 15.6. The molecule has 0 saturated heterocycles. The molecule has 0 atom stereocenters. The zero-order valence-corrected chi connectivity index (χ0v) is 18.3. The van der Waals surface area contributed by atoms with Gasteiger partial charge in [-0.1, -0.05) is 18.2 Å². The summed E-state index contributed by atoms with van der Waals surface area (Å²) in [5, 5.41) is 2.93. The van der Waals surface area contributed by atoms with E-state index in [2.05, 4.69) is 10.3 Å². The van der Waals surface area contributed by atoms with Gasteiger partial charge < -0.3 is 23.9 Å². The van der Waals surface area contributed by atoms with E-state index in [-0.39, 0.29) is 5.91 Å². The van der Waals surface area contributed by atoms with Crippen molar-refractivity contribution in [3.8, 4) is 28.4 Å². The summed E-state index contributed by atoms with van der Waals surface area (Å²) in [7, 11) is 4.85. The van der Waals surface area contributed by atoms with E-state index in [0.717, 1.165) is 22.4 Å². The average molecular weight is 431 g/mol. The summed E-state index contributed by atoms with van der Waals surface area (Å²) in [6.07, 6.45) is 4.37. The van der Waals surface area contributed by atoms with Gasteiger partial charge in [0.1, 0.15) is 17.1 Å². The van der Waals surface area contributed by atoms with Crippen LogP contribution in [0.25, 0.3) is 16.8 Å². The Morgan fingerprint density at radius 3 is 2.34 bits per heavy atom. The van der Waals surface area contributed by atoms with Crippen LogP contribution in [-0.4, -0.2) is 43.2 Å². The summed E-state index contributed by atoms with van der Waals surface area (Å²) in [5.74, 6) is 1.95. The van der Waals surface area contributed by atoms with E-state index in [9.17, 15) is 4.79 Å². The number of nitrogens with one attached hydrogen (secondary N) is 1. The van der Waals surface area contributed by atoms with Gasteiger partial charge in [0.15, 0.2) is 11.5 Å². The minimum absolute atomic E-state index is 0.208. The monoisotopic (exact) mass is 431 g/mol. The normalized spacial score (nSPS) is 10.7. The van der Waals surface area contributed by atoms with Gasteiger partial charge in [0.25, 0.3) is 5.91 Å². The van der Waals surface area contributed by atoms with E-state index in [4.69, 9.17) is 14.2 Å². The van der Waals surface area contributed by atoms with Gasteiger partial charge in [-0.3, -0.25) is 4.79 Å². The number of amides is 1. The third kappa shape index (κ3) is 4.51. The highest BCUT2D eigenvalue weighted by Crippen LogP contribution is 2.27. The van der Waals surface area contributed by atoms with Gasteiger partial charge in [0.05, 0.1) is 21.3 Å². The lowest BCUT2D eigenvalue weighted by molar-refractivity contribution is 0.0949. The molecule has 4 rings (SSSR count). The second kappa shape index (κ2) is 9.43. The van der Waals surface area contributed by atoms with Crippen molar-refractivity contribution in [1.82, 2.24) is 14.7 Å².